The van der Waals surface area contributed by atoms with Gasteiger partial charge in [-0.15, -0.1) is 0 Å². The maximum atomic E-state index is 11.8. The van der Waals surface area contributed by atoms with Gasteiger partial charge < -0.3 is 15.7 Å². The van der Waals surface area contributed by atoms with Crippen molar-refractivity contribution >= 4 is 11.9 Å². The molecule has 5 nitrogen and oxygen atoms in total. The number of amides is 1. The zero-order valence-electron chi connectivity index (χ0n) is 10.7. The van der Waals surface area contributed by atoms with Crippen molar-refractivity contribution in [3.8, 4) is 0 Å². The molecule has 0 saturated carbocycles. The first-order valence-electron chi connectivity index (χ1n) is 6.36. The summed E-state index contributed by atoms with van der Waals surface area (Å²) in [5.74, 6) is -0.542. The van der Waals surface area contributed by atoms with Crippen molar-refractivity contribution < 1.29 is 14.7 Å². The molecule has 0 bridgehead atoms. The highest BCUT2D eigenvalue weighted by Crippen LogP contribution is 2.21. The molecule has 1 aliphatic rings. The summed E-state index contributed by atoms with van der Waals surface area (Å²) in [6.07, 6.45) is 0.482. The monoisotopic (exact) mass is 262 g/mol. The number of nitrogens with zero attached hydrogens (tertiary/aromatic N) is 1. The standard InChI is InChI=1S/C14H18N2O3/c15-7-10-5-13(17)16(8-10)9-12-4-2-1-3-11(12)6-14(18)19/h1-4,10H,5-9,15H2,(H,18,19). The van der Waals surface area contributed by atoms with Crippen LogP contribution in [0.25, 0.3) is 0 Å². The van der Waals surface area contributed by atoms with E-state index in [1.54, 1.807) is 11.0 Å². The number of aliphatic carboxylic acids is 1. The molecule has 0 radical (unpaired) electrons. The van der Waals surface area contributed by atoms with E-state index in [4.69, 9.17) is 10.8 Å². The lowest BCUT2D eigenvalue weighted by molar-refractivity contribution is -0.136. The first kappa shape index (κ1) is 13.5. The summed E-state index contributed by atoms with van der Waals surface area (Å²) in [4.78, 5) is 24.4. The fraction of sp³-hybridized carbons (Fsp3) is 0.429. The second-order valence-corrected chi connectivity index (χ2v) is 4.92. The molecule has 0 spiro atoms. The Morgan fingerprint density at radius 1 is 1.37 bits per heavy atom. The van der Waals surface area contributed by atoms with Gasteiger partial charge in [-0.3, -0.25) is 9.59 Å². The van der Waals surface area contributed by atoms with Crippen LogP contribution in [0.3, 0.4) is 0 Å². The summed E-state index contributed by atoms with van der Waals surface area (Å²) in [7, 11) is 0. The molecule has 5 heteroatoms. The number of rotatable bonds is 5. The van der Waals surface area contributed by atoms with E-state index in [-0.39, 0.29) is 18.2 Å². The van der Waals surface area contributed by atoms with Crippen molar-refractivity contribution in [2.24, 2.45) is 11.7 Å². The van der Waals surface area contributed by atoms with Crippen LogP contribution in [0, 0.1) is 5.92 Å². The molecule has 3 N–H and O–H groups in total. The molecule has 1 aromatic carbocycles. The largest absolute Gasteiger partial charge is 0.481 e. The molecule has 1 saturated heterocycles. The number of carboxylic acids is 1. The summed E-state index contributed by atoms with van der Waals surface area (Å²) in [6.45, 7) is 1.65. The summed E-state index contributed by atoms with van der Waals surface area (Å²) in [5, 5.41) is 8.89. The first-order chi connectivity index (χ1) is 9.10. The van der Waals surface area contributed by atoms with E-state index < -0.39 is 5.97 Å². The predicted molar refractivity (Wildman–Crippen MR) is 70.4 cm³/mol. The Balaban J connectivity index is 2.11. The van der Waals surface area contributed by atoms with E-state index in [9.17, 15) is 9.59 Å². The third kappa shape index (κ3) is 3.32. The lowest BCUT2D eigenvalue weighted by Gasteiger charge is -2.18. The van der Waals surface area contributed by atoms with Crippen LogP contribution in [0.1, 0.15) is 17.5 Å². The predicted octanol–water partition coefficient (Wildman–Crippen LogP) is 0.621. The number of nitrogens with two attached hydrogens (primary N) is 1. The summed E-state index contributed by atoms with van der Waals surface area (Å²) < 4.78 is 0. The van der Waals surface area contributed by atoms with E-state index in [1.165, 1.54) is 0 Å². The SMILES string of the molecule is NCC1CC(=O)N(Cc2ccccc2CC(=O)O)C1. The molecule has 1 aromatic rings. The fourth-order valence-corrected chi connectivity index (χ4v) is 2.42. The number of hydrogen-bond acceptors (Lipinski definition) is 3. The molecule has 0 aromatic heterocycles. The second-order valence-electron chi connectivity index (χ2n) is 4.92. The van der Waals surface area contributed by atoms with E-state index in [2.05, 4.69) is 0 Å². The Bertz CT molecular complexity index is 487. The van der Waals surface area contributed by atoms with Gasteiger partial charge in [0, 0.05) is 19.5 Å². The zero-order valence-corrected chi connectivity index (χ0v) is 10.7. The zero-order chi connectivity index (χ0) is 13.8. The average Bonchev–Trinajstić information content (AvgIpc) is 2.72. The van der Waals surface area contributed by atoms with Gasteiger partial charge in [-0.1, -0.05) is 24.3 Å². The van der Waals surface area contributed by atoms with Gasteiger partial charge in [0.15, 0.2) is 0 Å². The number of carbonyl (C=O) groups is 2. The van der Waals surface area contributed by atoms with Gasteiger partial charge in [0.2, 0.25) is 5.91 Å². The molecule has 1 fully saturated rings. The van der Waals surface area contributed by atoms with Gasteiger partial charge in [0.1, 0.15) is 0 Å². The van der Waals surface area contributed by atoms with Crippen molar-refractivity contribution in [2.75, 3.05) is 13.1 Å². The van der Waals surface area contributed by atoms with E-state index >= 15 is 0 Å². The normalized spacial score (nSPS) is 18.9. The molecular formula is C14H18N2O3. The lowest BCUT2D eigenvalue weighted by atomic mass is 10.0. The molecule has 2 rings (SSSR count). The van der Waals surface area contributed by atoms with Crippen LogP contribution in [0.5, 0.6) is 0 Å². The van der Waals surface area contributed by atoms with Crippen LogP contribution in [0.15, 0.2) is 24.3 Å². The Hall–Kier alpha value is -1.88. The highest BCUT2D eigenvalue weighted by molar-refractivity contribution is 5.78. The Morgan fingerprint density at radius 3 is 2.63 bits per heavy atom. The topological polar surface area (TPSA) is 83.6 Å². The Morgan fingerprint density at radius 2 is 2.05 bits per heavy atom. The molecule has 1 heterocycles. The molecule has 1 amide bonds. The number of likely N-dealkylation sites (tertiary alicyclic amines) is 1. The minimum Gasteiger partial charge on any atom is -0.481 e. The molecule has 102 valence electrons. The van der Waals surface area contributed by atoms with Crippen LogP contribution in [-0.4, -0.2) is 35.0 Å². The van der Waals surface area contributed by atoms with E-state index in [0.29, 0.717) is 26.1 Å². The van der Waals surface area contributed by atoms with Crippen LogP contribution in [0.4, 0.5) is 0 Å². The highest BCUT2D eigenvalue weighted by Gasteiger charge is 2.28. The lowest BCUT2D eigenvalue weighted by Crippen LogP contribution is -2.26. The van der Waals surface area contributed by atoms with Crippen molar-refractivity contribution in [1.82, 2.24) is 4.90 Å². The quantitative estimate of drug-likeness (QED) is 0.815. The van der Waals surface area contributed by atoms with Crippen molar-refractivity contribution in [3.63, 3.8) is 0 Å². The molecule has 19 heavy (non-hydrogen) atoms. The van der Waals surface area contributed by atoms with Crippen LogP contribution < -0.4 is 5.73 Å². The van der Waals surface area contributed by atoms with Gasteiger partial charge in [-0.2, -0.15) is 0 Å². The smallest absolute Gasteiger partial charge is 0.307 e. The summed E-state index contributed by atoms with van der Waals surface area (Å²) in [6, 6.07) is 7.35. The van der Waals surface area contributed by atoms with Gasteiger partial charge in [0.25, 0.3) is 0 Å². The van der Waals surface area contributed by atoms with Crippen molar-refractivity contribution in [1.29, 1.82) is 0 Å². The van der Waals surface area contributed by atoms with Crippen LogP contribution in [-0.2, 0) is 22.6 Å². The summed E-state index contributed by atoms with van der Waals surface area (Å²) >= 11 is 0. The molecular weight excluding hydrogens is 244 g/mol. The Labute approximate surface area is 112 Å². The Kier molecular flexibility index (Phi) is 4.16. The first-order valence-corrected chi connectivity index (χ1v) is 6.36. The average molecular weight is 262 g/mol. The highest BCUT2D eigenvalue weighted by atomic mass is 16.4. The van der Waals surface area contributed by atoms with E-state index in [1.807, 2.05) is 18.2 Å². The van der Waals surface area contributed by atoms with Gasteiger partial charge in [-0.05, 0) is 23.6 Å². The maximum Gasteiger partial charge on any atom is 0.307 e. The third-order valence-electron chi connectivity index (χ3n) is 3.45. The summed E-state index contributed by atoms with van der Waals surface area (Å²) in [5.41, 5.74) is 7.25. The second kappa shape index (κ2) is 5.84. The molecule has 1 unspecified atom stereocenters. The number of hydrogen-bond donors (Lipinski definition) is 2. The fourth-order valence-electron chi connectivity index (χ4n) is 2.42. The van der Waals surface area contributed by atoms with Gasteiger partial charge in [-0.25, -0.2) is 0 Å². The van der Waals surface area contributed by atoms with Crippen molar-refractivity contribution in [2.45, 2.75) is 19.4 Å². The number of carbonyl (C=O) groups excluding carboxylic acids is 1. The van der Waals surface area contributed by atoms with Crippen LogP contribution in [0.2, 0.25) is 0 Å². The van der Waals surface area contributed by atoms with Crippen molar-refractivity contribution in [3.05, 3.63) is 35.4 Å². The number of carboxylic acid groups (broad SMARTS) is 1. The minimum absolute atomic E-state index is 0.0154. The molecule has 1 aliphatic heterocycles. The number of benzene rings is 1. The van der Waals surface area contributed by atoms with E-state index in [0.717, 1.165) is 11.1 Å². The third-order valence-corrected chi connectivity index (χ3v) is 3.45. The van der Waals surface area contributed by atoms with Gasteiger partial charge in [0.05, 0.1) is 6.42 Å². The minimum atomic E-state index is -0.861. The van der Waals surface area contributed by atoms with Gasteiger partial charge >= 0.3 is 5.97 Å². The maximum absolute atomic E-state index is 11.8. The molecule has 0 aliphatic carbocycles. The molecule has 1 atom stereocenters. The van der Waals surface area contributed by atoms with Crippen LogP contribution >= 0.6 is 0 Å².